The molecule has 1 aliphatic rings. The first-order valence-corrected chi connectivity index (χ1v) is 9.19. The molecule has 7 nitrogen and oxygen atoms in total. The number of likely N-dealkylation sites (tertiary alicyclic amines) is 1. The molecule has 1 saturated heterocycles. The van der Waals surface area contributed by atoms with Crippen LogP contribution >= 0.6 is 11.6 Å². The SMILES string of the molecule is CN1CC[C@@](O)(C#Cc2cccc(-c3nc(C(=O)O)n4cc(Cl)ccc34)c2)C1=O. The van der Waals surface area contributed by atoms with Gasteiger partial charge in [-0.2, -0.15) is 0 Å². The van der Waals surface area contributed by atoms with Gasteiger partial charge in [-0.05, 0) is 24.3 Å². The van der Waals surface area contributed by atoms with Crippen molar-refractivity contribution < 1.29 is 19.8 Å². The zero-order chi connectivity index (χ0) is 20.8. The van der Waals surface area contributed by atoms with Crippen LogP contribution in [0.5, 0.6) is 0 Å². The zero-order valence-corrected chi connectivity index (χ0v) is 16.1. The Morgan fingerprint density at radius 3 is 2.79 bits per heavy atom. The van der Waals surface area contributed by atoms with Crippen molar-refractivity contribution in [2.45, 2.75) is 12.0 Å². The number of carboxylic acid groups (broad SMARTS) is 1. The largest absolute Gasteiger partial charge is 0.475 e. The Kier molecular flexibility index (Phi) is 4.53. The molecule has 0 bridgehead atoms. The number of imidazole rings is 1. The van der Waals surface area contributed by atoms with Gasteiger partial charge in [-0.15, -0.1) is 0 Å². The van der Waals surface area contributed by atoms with Gasteiger partial charge in [0.05, 0.1) is 16.2 Å². The fraction of sp³-hybridized carbons (Fsp3) is 0.190. The maximum Gasteiger partial charge on any atom is 0.372 e. The quantitative estimate of drug-likeness (QED) is 0.633. The van der Waals surface area contributed by atoms with Gasteiger partial charge in [0, 0.05) is 37.3 Å². The van der Waals surface area contributed by atoms with E-state index in [1.165, 1.54) is 15.5 Å². The average Bonchev–Trinajstić information content (AvgIpc) is 3.20. The highest BCUT2D eigenvalue weighted by Crippen LogP contribution is 2.27. The van der Waals surface area contributed by atoms with Gasteiger partial charge in [-0.25, -0.2) is 9.78 Å². The van der Waals surface area contributed by atoms with Crippen molar-refractivity contribution in [3.63, 3.8) is 0 Å². The summed E-state index contributed by atoms with van der Waals surface area (Å²) in [6, 6.07) is 10.4. The van der Waals surface area contributed by atoms with Crippen LogP contribution < -0.4 is 0 Å². The van der Waals surface area contributed by atoms with Gasteiger partial charge in [0.25, 0.3) is 5.91 Å². The smallest absolute Gasteiger partial charge is 0.372 e. The number of aliphatic hydroxyl groups is 1. The molecule has 0 unspecified atom stereocenters. The number of aromatic carboxylic acids is 1. The van der Waals surface area contributed by atoms with Crippen LogP contribution in [0.3, 0.4) is 0 Å². The third-order valence-electron chi connectivity index (χ3n) is 4.85. The summed E-state index contributed by atoms with van der Waals surface area (Å²) < 4.78 is 1.42. The molecule has 3 heterocycles. The maximum atomic E-state index is 12.1. The van der Waals surface area contributed by atoms with Crippen LogP contribution in [0.15, 0.2) is 42.6 Å². The monoisotopic (exact) mass is 409 g/mol. The number of likely N-dealkylation sites (N-methyl/N-ethyl adjacent to an activating group) is 1. The number of aromatic nitrogens is 2. The van der Waals surface area contributed by atoms with Gasteiger partial charge in [0.2, 0.25) is 11.4 Å². The number of hydrogen-bond donors (Lipinski definition) is 2. The first kappa shape index (κ1) is 19.0. The van der Waals surface area contributed by atoms with Crippen LogP contribution in [0.2, 0.25) is 5.02 Å². The second kappa shape index (κ2) is 6.92. The molecule has 4 rings (SSSR count). The molecule has 1 atom stereocenters. The molecule has 2 aromatic heterocycles. The molecule has 29 heavy (non-hydrogen) atoms. The van der Waals surface area contributed by atoms with Crippen LogP contribution in [-0.2, 0) is 4.79 Å². The number of pyridine rings is 1. The molecule has 8 heteroatoms. The van der Waals surface area contributed by atoms with E-state index in [-0.39, 0.29) is 12.2 Å². The summed E-state index contributed by atoms with van der Waals surface area (Å²) >= 11 is 6.00. The van der Waals surface area contributed by atoms with Crippen LogP contribution in [0.4, 0.5) is 0 Å². The lowest BCUT2D eigenvalue weighted by molar-refractivity contribution is -0.137. The summed E-state index contributed by atoms with van der Waals surface area (Å²) in [4.78, 5) is 29.3. The lowest BCUT2D eigenvalue weighted by Gasteiger charge is -2.13. The van der Waals surface area contributed by atoms with Crippen molar-refractivity contribution in [1.82, 2.24) is 14.3 Å². The van der Waals surface area contributed by atoms with Crippen molar-refractivity contribution in [1.29, 1.82) is 0 Å². The minimum Gasteiger partial charge on any atom is -0.475 e. The molecule has 0 radical (unpaired) electrons. The summed E-state index contributed by atoms with van der Waals surface area (Å²) in [7, 11) is 1.62. The predicted molar refractivity (Wildman–Crippen MR) is 107 cm³/mol. The summed E-state index contributed by atoms with van der Waals surface area (Å²) in [5, 5.41) is 20.3. The fourth-order valence-corrected chi connectivity index (χ4v) is 3.47. The molecule has 3 aromatic rings. The second-order valence-corrected chi connectivity index (χ2v) is 7.30. The number of hydrogen-bond acceptors (Lipinski definition) is 4. The van der Waals surface area contributed by atoms with E-state index in [4.69, 9.17) is 11.6 Å². The zero-order valence-electron chi connectivity index (χ0n) is 15.4. The van der Waals surface area contributed by atoms with E-state index in [1.54, 1.807) is 43.4 Å². The third kappa shape index (κ3) is 3.33. The average molecular weight is 410 g/mol. The number of benzene rings is 1. The Bertz CT molecular complexity index is 1220. The van der Waals surface area contributed by atoms with Crippen molar-refractivity contribution in [3.05, 3.63) is 59.0 Å². The first-order chi connectivity index (χ1) is 13.8. The highest BCUT2D eigenvalue weighted by Gasteiger charge is 2.42. The molecule has 1 amide bonds. The Labute approximate surface area is 171 Å². The first-order valence-electron chi connectivity index (χ1n) is 8.81. The molecular weight excluding hydrogens is 394 g/mol. The van der Waals surface area contributed by atoms with E-state index in [0.717, 1.165) is 0 Å². The van der Waals surface area contributed by atoms with Crippen LogP contribution in [-0.4, -0.2) is 55.6 Å². The Balaban J connectivity index is 1.77. The Hall–Kier alpha value is -3.34. The van der Waals surface area contributed by atoms with E-state index in [9.17, 15) is 19.8 Å². The van der Waals surface area contributed by atoms with Gasteiger partial charge in [0.1, 0.15) is 0 Å². The number of carbonyl (C=O) groups excluding carboxylic acids is 1. The van der Waals surface area contributed by atoms with Crippen LogP contribution in [0.1, 0.15) is 22.6 Å². The summed E-state index contributed by atoms with van der Waals surface area (Å²) in [6.45, 7) is 0.450. The molecule has 0 aliphatic carbocycles. The minimum absolute atomic E-state index is 0.150. The predicted octanol–water partition coefficient (Wildman–Crippen LogP) is 2.30. The van der Waals surface area contributed by atoms with Crippen molar-refractivity contribution in [3.8, 4) is 23.1 Å². The molecule has 146 valence electrons. The summed E-state index contributed by atoms with van der Waals surface area (Å²) in [6.07, 6.45) is 1.75. The number of carboxylic acids is 1. The number of carbonyl (C=O) groups is 2. The van der Waals surface area contributed by atoms with Crippen molar-refractivity contribution >= 4 is 29.0 Å². The Morgan fingerprint density at radius 2 is 2.10 bits per heavy atom. The van der Waals surface area contributed by atoms with Crippen LogP contribution in [0, 0.1) is 11.8 Å². The maximum absolute atomic E-state index is 12.1. The lowest BCUT2D eigenvalue weighted by Crippen LogP contribution is -2.37. The molecule has 0 spiro atoms. The topological polar surface area (TPSA) is 95.1 Å². The van der Waals surface area contributed by atoms with Gasteiger partial charge >= 0.3 is 5.97 Å². The second-order valence-electron chi connectivity index (χ2n) is 6.86. The normalized spacial score (nSPS) is 18.7. The molecule has 0 saturated carbocycles. The van der Waals surface area contributed by atoms with E-state index in [2.05, 4.69) is 16.8 Å². The highest BCUT2D eigenvalue weighted by molar-refractivity contribution is 6.30. The lowest BCUT2D eigenvalue weighted by atomic mass is 10.0. The number of halogens is 1. The number of nitrogens with zero attached hydrogens (tertiary/aromatic N) is 3. The van der Waals surface area contributed by atoms with E-state index < -0.39 is 17.5 Å². The van der Waals surface area contributed by atoms with Gasteiger partial charge in [-0.3, -0.25) is 9.20 Å². The molecule has 1 fully saturated rings. The van der Waals surface area contributed by atoms with Crippen molar-refractivity contribution in [2.75, 3.05) is 13.6 Å². The van der Waals surface area contributed by atoms with E-state index in [0.29, 0.717) is 33.9 Å². The molecule has 2 N–H and O–H groups in total. The third-order valence-corrected chi connectivity index (χ3v) is 5.07. The molecular formula is C21H16ClN3O4. The van der Waals surface area contributed by atoms with Gasteiger partial charge in [-0.1, -0.05) is 35.6 Å². The van der Waals surface area contributed by atoms with Gasteiger partial charge in [0.15, 0.2) is 0 Å². The summed E-state index contributed by atoms with van der Waals surface area (Å²) in [5.74, 6) is 3.80. The number of fused-ring (bicyclic) bond motifs is 1. The molecule has 1 aromatic carbocycles. The van der Waals surface area contributed by atoms with E-state index in [1.807, 2.05) is 0 Å². The highest BCUT2D eigenvalue weighted by atomic mass is 35.5. The fourth-order valence-electron chi connectivity index (χ4n) is 3.31. The van der Waals surface area contributed by atoms with Crippen molar-refractivity contribution in [2.24, 2.45) is 0 Å². The summed E-state index contributed by atoms with van der Waals surface area (Å²) in [5.41, 5.74) is 0.608. The van der Waals surface area contributed by atoms with Gasteiger partial charge < -0.3 is 15.1 Å². The minimum atomic E-state index is -1.68. The standard InChI is InChI=1S/C21H16ClN3O4/c1-24-10-9-21(29,20(24)28)8-7-13-3-2-4-14(11-13)17-16-6-5-15(22)12-25(16)18(23-17)19(26)27/h2-6,11-12,29H,9-10H2,1H3,(H,26,27)/t21-/m0/s1. The van der Waals surface area contributed by atoms with Crippen LogP contribution in [0.25, 0.3) is 16.8 Å². The Morgan fingerprint density at radius 1 is 1.31 bits per heavy atom. The number of rotatable bonds is 2. The van der Waals surface area contributed by atoms with E-state index >= 15 is 0 Å². The molecule has 1 aliphatic heterocycles. The number of amides is 1.